The molecule has 1 aromatic carbocycles. The Morgan fingerprint density at radius 2 is 2.08 bits per heavy atom. The van der Waals surface area contributed by atoms with Crippen molar-refractivity contribution in [2.24, 2.45) is 13.0 Å². The summed E-state index contributed by atoms with van der Waals surface area (Å²) in [5.74, 6) is 0.742. The molecule has 4 rings (SSSR count). The number of hydrogen-bond acceptors (Lipinski definition) is 4. The molecule has 1 saturated heterocycles. The van der Waals surface area contributed by atoms with Crippen LogP contribution in [0.25, 0.3) is 10.9 Å². The number of benzene rings is 1. The maximum Gasteiger partial charge on any atom is 0.274 e. The second-order valence-corrected chi connectivity index (χ2v) is 6.59. The van der Waals surface area contributed by atoms with Crippen LogP contribution in [0.3, 0.4) is 0 Å². The highest BCUT2D eigenvalue weighted by Gasteiger charge is 2.31. The predicted octanol–water partition coefficient (Wildman–Crippen LogP) is 1.88. The van der Waals surface area contributed by atoms with Gasteiger partial charge in [0.15, 0.2) is 5.69 Å². The van der Waals surface area contributed by atoms with Crippen molar-refractivity contribution >= 4 is 16.8 Å². The van der Waals surface area contributed by atoms with Gasteiger partial charge >= 0.3 is 0 Å². The van der Waals surface area contributed by atoms with Crippen LogP contribution >= 0.6 is 0 Å². The van der Waals surface area contributed by atoms with Crippen LogP contribution in [0.5, 0.6) is 0 Å². The summed E-state index contributed by atoms with van der Waals surface area (Å²) in [4.78, 5) is 18.9. The fraction of sp³-hybridized carbons (Fsp3) is 0.389. The largest absolute Gasteiger partial charge is 0.385 e. The van der Waals surface area contributed by atoms with E-state index in [0.29, 0.717) is 24.6 Å². The van der Waals surface area contributed by atoms with Crippen LogP contribution in [0.15, 0.2) is 36.7 Å². The molecular formula is C18H21N5O2. The zero-order chi connectivity index (χ0) is 17.4. The molecule has 1 aliphatic rings. The lowest BCUT2D eigenvalue weighted by atomic mass is 9.90. The number of piperidine rings is 1. The van der Waals surface area contributed by atoms with E-state index in [1.54, 1.807) is 6.20 Å². The number of imidazole rings is 1. The van der Waals surface area contributed by atoms with Gasteiger partial charge in [-0.05, 0) is 24.8 Å². The minimum atomic E-state index is -0.594. The summed E-state index contributed by atoms with van der Waals surface area (Å²) in [6, 6.07) is 7.64. The predicted molar refractivity (Wildman–Crippen MR) is 92.9 cm³/mol. The Morgan fingerprint density at radius 1 is 1.32 bits per heavy atom. The van der Waals surface area contributed by atoms with Gasteiger partial charge in [0.05, 0.1) is 5.52 Å². The Bertz CT molecular complexity index is 892. The van der Waals surface area contributed by atoms with Crippen LogP contribution in [-0.4, -0.2) is 48.8 Å². The number of aliphatic hydroxyl groups is 1. The normalized spacial score (nSPS) is 17.1. The van der Waals surface area contributed by atoms with E-state index >= 15 is 0 Å². The van der Waals surface area contributed by atoms with E-state index in [4.69, 9.17) is 0 Å². The molecule has 1 atom stereocenters. The summed E-state index contributed by atoms with van der Waals surface area (Å²) < 4.78 is 1.85. The van der Waals surface area contributed by atoms with Gasteiger partial charge in [-0.15, -0.1) is 0 Å². The molecule has 1 fully saturated rings. The smallest absolute Gasteiger partial charge is 0.274 e. The second kappa shape index (κ2) is 6.33. The minimum Gasteiger partial charge on any atom is -0.385 e. The number of aromatic amines is 1. The van der Waals surface area contributed by atoms with Crippen molar-refractivity contribution in [3.63, 3.8) is 0 Å². The number of nitrogens with zero attached hydrogens (tertiary/aromatic N) is 4. The van der Waals surface area contributed by atoms with E-state index < -0.39 is 6.10 Å². The summed E-state index contributed by atoms with van der Waals surface area (Å²) in [6.45, 7) is 1.23. The van der Waals surface area contributed by atoms with Crippen LogP contribution in [-0.2, 0) is 7.05 Å². The first kappa shape index (κ1) is 15.8. The first-order valence-electron chi connectivity index (χ1n) is 8.53. The van der Waals surface area contributed by atoms with Gasteiger partial charge < -0.3 is 14.6 Å². The summed E-state index contributed by atoms with van der Waals surface area (Å²) >= 11 is 0. The fourth-order valence-electron chi connectivity index (χ4n) is 3.57. The third-order valence-corrected chi connectivity index (χ3v) is 5.07. The zero-order valence-corrected chi connectivity index (χ0v) is 14.1. The molecule has 1 amide bonds. The standard InChI is InChI=1S/C18H21N5O2/c1-22-11-8-19-17(22)16(24)12-6-9-23(10-7-12)18(25)15-13-4-2-3-5-14(13)20-21-15/h2-5,8,11-12,16,24H,6-7,9-10H2,1H3,(H,20,21)/t16-/m0/s1. The van der Waals surface area contributed by atoms with Gasteiger partial charge in [-0.1, -0.05) is 18.2 Å². The van der Waals surface area contributed by atoms with E-state index in [1.165, 1.54) is 0 Å². The summed E-state index contributed by atoms with van der Waals surface area (Å²) in [5, 5.41) is 18.5. The van der Waals surface area contributed by atoms with Crippen molar-refractivity contribution in [3.05, 3.63) is 48.2 Å². The van der Waals surface area contributed by atoms with E-state index in [0.717, 1.165) is 23.7 Å². The molecule has 0 spiro atoms. The molecule has 0 saturated carbocycles. The number of aryl methyl sites for hydroxylation is 1. The van der Waals surface area contributed by atoms with Crippen molar-refractivity contribution in [1.82, 2.24) is 24.6 Å². The molecule has 0 radical (unpaired) electrons. The molecule has 0 unspecified atom stereocenters. The highest BCUT2D eigenvalue weighted by atomic mass is 16.3. The molecule has 1 aliphatic heterocycles. The third-order valence-electron chi connectivity index (χ3n) is 5.07. The number of H-pyrrole nitrogens is 1. The quantitative estimate of drug-likeness (QED) is 0.763. The Morgan fingerprint density at radius 3 is 2.80 bits per heavy atom. The van der Waals surface area contributed by atoms with Gasteiger partial charge in [-0.3, -0.25) is 9.89 Å². The van der Waals surface area contributed by atoms with Crippen molar-refractivity contribution in [1.29, 1.82) is 0 Å². The van der Waals surface area contributed by atoms with Gasteiger partial charge in [0.2, 0.25) is 0 Å². The number of fused-ring (bicyclic) bond motifs is 1. The average Bonchev–Trinajstić information content (AvgIpc) is 3.27. The van der Waals surface area contributed by atoms with Crippen LogP contribution in [0.4, 0.5) is 0 Å². The van der Waals surface area contributed by atoms with Crippen molar-refractivity contribution < 1.29 is 9.90 Å². The van der Waals surface area contributed by atoms with Crippen LogP contribution in [0.2, 0.25) is 0 Å². The highest BCUT2D eigenvalue weighted by Crippen LogP contribution is 2.30. The summed E-state index contributed by atoms with van der Waals surface area (Å²) in [7, 11) is 1.88. The molecular weight excluding hydrogens is 318 g/mol. The van der Waals surface area contributed by atoms with Crippen molar-refractivity contribution in [3.8, 4) is 0 Å². The van der Waals surface area contributed by atoms with Crippen molar-refractivity contribution in [2.75, 3.05) is 13.1 Å². The first-order valence-corrected chi connectivity index (χ1v) is 8.53. The Labute approximate surface area is 145 Å². The number of likely N-dealkylation sites (tertiary alicyclic amines) is 1. The maximum atomic E-state index is 12.8. The molecule has 2 aromatic heterocycles. The first-order chi connectivity index (χ1) is 12.1. The molecule has 7 nitrogen and oxygen atoms in total. The molecule has 0 aliphatic carbocycles. The Hall–Kier alpha value is -2.67. The lowest BCUT2D eigenvalue weighted by Gasteiger charge is -2.33. The number of rotatable bonds is 3. The van der Waals surface area contributed by atoms with Gasteiger partial charge in [0.25, 0.3) is 5.91 Å². The number of nitrogens with one attached hydrogen (secondary N) is 1. The summed E-state index contributed by atoms with van der Waals surface area (Å²) in [5.41, 5.74) is 1.34. The molecule has 0 bridgehead atoms. The van der Waals surface area contributed by atoms with E-state index in [2.05, 4.69) is 15.2 Å². The highest BCUT2D eigenvalue weighted by molar-refractivity contribution is 6.04. The van der Waals surface area contributed by atoms with Crippen LogP contribution in [0.1, 0.15) is 35.3 Å². The SMILES string of the molecule is Cn1ccnc1[C@@H](O)C1CCN(C(=O)c2n[nH]c3ccccc23)CC1. The van der Waals surface area contributed by atoms with Gasteiger partial charge in [-0.25, -0.2) is 4.98 Å². The third kappa shape index (κ3) is 2.80. The minimum absolute atomic E-state index is 0.0534. The number of para-hydroxylation sites is 1. The van der Waals surface area contributed by atoms with Gasteiger partial charge in [-0.2, -0.15) is 5.10 Å². The molecule has 7 heteroatoms. The molecule has 2 N–H and O–H groups in total. The number of hydrogen-bond donors (Lipinski definition) is 2. The number of carbonyl (C=O) groups is 1. The van der Waals surface area contributed by atoms with E-state index in [9.17, 15) is 9.90 Å². The monoisotopic (exact) mass is 339 g/mol. The molecule has 130 valence electrons. The van der Waals surface area contributed by atoms with Gasteiger partial charge in [0, 0.05) is 37.9 Å². The fourth-order valence-corrected chi connectivity index (χ4v) is 3.57. The molecule has 25 heavy (non-hydrogen) atoms. The lowest BCUT2D eigenvalue weighted by molar-refractivity contribution is 0.0418. The zero-order valence-electron chi connectivity index (χ0n) is 14.1. The van der Waals surface area contributed by atoms with Gasteiger partial charge in [0.1, 0.15) is 11.9 Å². The number of aliphatic hydroxyl groups excluding tert-OH is 1. The van der Waals surface area contributed by atoms with Crippen LogP contribution < -0.4 is 0 Å². The topological polar surface area (TPSA) is 87.0 Å². The number of aromatic nitrogens is 4. The number of carbonyl (C=O) groups excluding carboxylic acids is 1. The lowest BCUT2D eigenvalue weighted by Crippen LogP contribution is -2.40. The molecule has 3 aromatic rings. The Balaban J connectivity index is 1.45. The maximum absolute atomic E-state index is 12.8. The average molecular weight is 339 g/mol. The number of amides is 1. The molecule has 3 heterocycles. The second-order valence-electron chi connectivity index (χ2n) is 6.59. The van der Waals surface area contributed by atoms with E-state index in [1.807, 2.05) is 47.0 Å². The van der Waals surface area contributed by atoms with Crippen molar-refractivity contribution in [2.45, 2.75) is 18.9 Å². The summed E-state index contributed by atoms with van der Waals surface area (Å²) in [6.07, 6.45) is 4.44. The Kier molecular flexibility index (Phi) is 4.01. The van der Waals surface area contributed by atoms with Crippen LogP contribution in [0, 0.1) is 5.92 Å². The van der Waals surface area contributed by atoms with E-state index in [-0.39, 0.29) is 11.8 Å².